The number of methoxy groups -OCH3 is 1. The van der Waals surface area contributed by atoms with Crippen molar-refractivity contribution in [1.82, 2.24) is 10.3 Å². The van der Waals surface area contributed by atoms with E-state index in [0.717, 1.165) is 5.56 Å². The van der Waals surface area contributed by atoms with E-state index in [2.05, 4.69) is 10.3 Å². The summed E-state index contributed by atoms with van der Waals surface area (Å²) in [5, 5.41) is 2.25. The number of amides is 1. The van der Waals surface area contributed by atoms with E-state index in [4.69, 9.17) is 4.74 Å². The molecule has 1 aromatic rings. The molecular formula is C12H16F2N2O2. The molecule has 1 N–H and O–H groups in total. The lowest BCUT2D eigenvalue weighted by Crippen LogP contribution is -2.43. The smallest absolute Gasteiger partial charge is 0.321 e. The van der Waals surface area contributed by atoms with Crippen molar-refractivity contribution in [2.75, 3.05) is 7.11 Å². The minimum Gasteiger partial charge on any atom is -0.481 e. The normalized spacial score (nSPS) is 12.9. The molecule has 1 amide bonds. The van der Waals surface area contributed by atoms with E-state index in [1.165, 1.54) is 7.11 Å². The molecule has 1 aromatic heterocycles. The number of carbonyl (C=O) groups excluding carboxylic acids is 1. The minimum atomic E-state index is -3.35. The summed E-state index contributed by atoms with van der Waals surface area (Å²) in [6.45, 7) is 2.23. The Hall–Kier alpha value is -1.72. The average molecular weight is 258 g/mol. The molecule has 1 heterocycles. The van der Waals surface area contributed by atoms with E-state index in [1.807, 2.05) is 0 Å². The number of hydrogen-bond acceptors (Lipinski definition) is 3. The third-order valence-electron chi connectivity index (χ3n) is 2.32. The Morgan fingerprint density at radius 2 is 2.22 bits per heavy atom. The summed E-state index contributed by atoms with van der Waals surface area (Å²) in [6, 6.07) is 3.06. The van der Waals surface area contributed by atoms with Crippen LogP contribution < -0.4 is 10.1 Å². The first-order valence-electron chi connectivity index (χ1n) is 5.50. The van der Waals surface area contributed by atoms with Gasteiger partial charge < -0.3 is 10.1 Å². The van der Waals surface area contributed by atoms with Gasteiger partial charge in [-0.25, -0.2) is 4.98 Å². The van der Waals surface area contributed by atoms with Gasteiger partial charge in [-0.05, 0) is 18.9 Å². The summed E-state index contributed by atoms with van der Waals surface area (Å²) < 4.78 is 30.2. The van der Waals surface area contributed by atoms with Crippen LogP contribution in [0.1, 0.15) is 19.4 Å². The van der Waals surface area contributed by atoms with Crippen LogP contribution in [0.3, 0.4) is 0 Å². The van der Waals surface area contributed by atoms with Gasteiger partial charge in [0.2, 0.25) is 5.88 Å². The van der Waals surface area contributed by atoms with E-state index in [0.29, 0.717) is 19.2 Å². The second-order valence-electron chi connectivity index (χ2n) is 4.18. The first-order chi connectivity index (χ1) is 8.32. The number of hydrogen-bond donors (Lipinski definition) is 1. The molecule has 0 spiro atoms. The van der Waals surface area contributed by atoms with E-state index >= 15 is 0 Å². The van der Waals surface area contributed by atoms with Crippen molar-refractivity contribution in [2.45, 2.75) is 32.2 Å². The Morgan fingerprint density at radius 3 is 2.67 bits per heavy atom. The molecule has 0 aliphatic rings. The number of halogens is 2. The first kappa shape index (κ1) is 14.3. The second-order valence-corrected chi connectivity index (χ2v) is 4.18. The molecule has 0 saturated carbocycles. The van der Waals surface area contributed by atoms with Gasteiger partial charge >= 0.3 is 5.92 Å². The fourth-order valence-corrected chi connectivity index (χ4v) is 1.41. The van der Waals surface area contributed by atoms with Crippen LogP contribution in [-0.4, -0.2) is 30.0 Å². The maximum atomic E-state index is 12.7. The lowest BCUT2D eigenvalue weighted by molar-refractivity contribution is -0.143. The molecule has 1 atom stereocenters. The van der Waals surface area contributed by atoms with Gasteiger partial charge in [0.25, 0.3) is 5.91 Å². The van der Waals surface area contributed by atoms with Gasteiger partial charge in [-0.15, -0.1) is 0 Å². The highest BCUT2D eigenvalue weighted by atomic mass is 19.3. The summed E-state index contributed by atoms with van der Waals surface area (Å²) in [4.78, 5) is 15.1. The van der Waals surface area contributed by atoms with Crippen LogP contribution in [0.15, 0.2) is 18.3 Å². The van der Waals surface area contributed by atoms with Gasteiger partial charge in [0, 0.05) is 25.2 Å². The average Bonchev–Trinajstić information content (AvgIpc) is 2.28. The van der Waals surface area contributed by atoms with Gasteiger partial charge in [0.1, 0.15) is 0 Å². The number of rotatable bonds is 5. The van der Waals surface area contributed by atoms with E-state index in [1.54, 1.807) is 25.3 Å². The van der Waals surface area contributed by atoms with Crippen molar-refractivity contribution in [3.05, 3.63) is 23.9 Å². The van der Waals surface area contributed by atoms with Gasteiger partial charge in [-0.2, -0.15) is 8.78 Å². The van der Waals surface area contributed by atoms with Crippen molar-refractivity contribution in [1.29, 1.82) is 0 Å². The summed E-state index contributed by atoms with van der Waals surface area (Å²) in [5.41, 5.74) is 0.836. The summed E-state index contributed by atoms with van der Waals surface area (Å²) >= 11 is 0. The molecule has 0 aliphatic carbocycles. The molecular weight excluding hydrogens is 242 g/mol. The summed E-state index contributed by atoms with van der Waals surface area (Å²) in [7, 11) is 1.51. The predicted octanol–water partition coefficient (Wildman–Crippen LogP) is 1.79. The quantitative estimate of drug-likeness (QED) is 0.876. The Bertz CT molecular complexity index is 402. The van der Waals surface area contributed by atoms with Crippen molar-refractivity contribution < 1.29 is 18.3 Å². The Labute approximate surface area is 104 Å². The zero-order valence-electron chi connectivity index (χ0n) is 10.5. The summed E-state index contributed by atoms with van der Waals surface area (Å²) in [5.74, 6) is -4.14. The molecule has 0 fully saturated rings. The third-order valence-corrected chi connectivity index (χ3v) is 2.32. The monoisotopic (exact) mass is 258 g/mol. The molecule has 6 heteroatoms. The van der Waals surface area contributed by atoms with Crippen LogP contribution in [-0.2, 0) is 11.2 Å². The highest BCUT2D eigenvalue weighted by Gasteiger charge is 2.32. The predicted molar refractivity (Wildman–Crippen MR) is 62.7 cm³/mol. The number of aromatic nitrogens is 1. The minimum absolute atomic E-state index is 0.390. The number of alkyl halides is 2. The molecule has 18 heavy (non-hydrogen) atoms. The third kappa shape index (κ3) is 4.27. The number of ether oxygens (including phenoxy) is 1. The zero-order valence-corrected chi connectivity index (χ0v) is 10.5. The van der Waals surface area contributed by atoms with Crippen molar-refractivity contribution >= 4 is 5.91 Å². The first-order valence-corrected chi connectivity index (χ1v) is 5.50. The number of pyridine rings is 1. The van der Waals surface area contributed by atoms with Crippen molar-refractivity contribution in [3.8, 4) is 5.88 Å². The standard InChI is InChI=1S/C12H16F2N2O2/c1-8(16-11(17)12(2,13)14)6-9-4-5-10(18-3)15-7-9/h4-5,7-8H,6H2,1-3H3,(H,16,17). The van der Waals surface area contributed by atoms with E-state index < -0.39 is 17.9 Å². The lowest BCUT2D eigenvalue weighted by Gasteiger charge is -2.17. The maximum Gasteiger partial charge on any atom is 0.321 e. The van der Waals surface area contributed by atoms with Crippen LogP contribution in [0.5, 0.6) is 5.88 Å². The summed E-state index contributed by atoms with van der Waals surface area (Å²) in [6.07, 6.45) is 2.02. The molecule has 0 bridgehead atoms. The lowest BCUT2D eigenvalue weighted by atomic mass is 10.1. The highest BCUT2D eigenvalue weighted by Crippen LogP contribution is 2.13. The molecule has 0 aliphatic heterocycles. The highest BCUT2D eigenvalue weighted by molar-refractivity contribution is 5.83. The van der Waals surface area contributed by atoms with E-state index in [-0.39, 0.29) is 0 Å². The van der Waals surface area contributed by atoms with Gasteiger partial charge in [0.15, 0.2) is 0 Å². The van der Waals surface area contributed by atoms with Crippen molar-refractivity contribution in [3.63, 3.8) is 0 Å². The Kier molecular flexibility index (Phi) is 4.58. The van der Waals surface area contributed by atoms with Gasteiger partial charge in [-0.1, -0.05) is 6.07 Å². The Balaban J connectivity index is 2.54. The van der Waals surface area contributed by atoms with Crippen LogP contribution >= 0.6 is 0 Å². The van der Waals surface area contributed by atoms with E-state index in [9.17, 15) is 13.6 Å². The largest absolute Gasteiger partial charge is 0.481 e. The molecule has 0 saturated heterocycles. The molecule has 1 unspecified atom stereocenters. The molecule has 0 radical (unpaired) electrons. The second kappa shape index (κ2) is 5.75. The van der Waals surface area contributed by atoms with Crippen LogP contribution in [0.25, 0.3) is 0 Å². The van der Waals surface area contributed by atoms with Crippen LogP contribution in [0.4, 0.5) is 8.78 Å². The fourth-order valence-electron chi connectivity index (χ4n) is 1.41. The molecule has 4 nitrogen and oxygen atoms in total. The van der Waals surface area contributed by atoms with Crippen LogP contribution in [0, 0.1) is 0 Å². The fraction of sp³-hybridized carbons (Fsp3) is 0.500. The number of nitrogens with zero attached hydrogens (tertiary/aromatic N) is 1. The number of carbonyl (C=O) groups is 1. The Morgan fingerprint density at radius 1 is 1.56 bits per heavy atom. The zero-order chi connectivity index (χ0) is 13.8. The number of nitrogens with one attached hydrogen (secondary N) is 1. The van der Waals surface area contributed by atoms with Gasteiger partial charge in [0.05, 0.1) is 7.11 Å². The molecule has 1 rings (SSSR count). The van der Waals surface area contributed by atoms with Gasteiger partial charge in [-0.3, -0.25) is 4.79 Å². The van der Waals surface area contributed by atoms with Crippen molar-refractivity contribution in [2.24, 2.45) is 0 Å². The molecule has 0 aromatic carbocycles. The maximum absolute atomic E-state index is 12.7. The van der Waals surface area contributed by atoms with Crippen LogP contribution in [0.2, 0.25) is 0 Å². The molecule has 100 valence electrons. The SMILES string of the molecule is COc1ccc(CC(C)NC(=O)C(C)(F)F)cn1. The topological polar surface area (TPSA) is 51.2 Å².